The van der Waals surface area contributed by atoms with E-state index in [1.807, 2.05) is 6.07 Å². The van der Waals surface area contributed by atoms with E-state index in [9.17, 15) is 4.79 Å². The number of amides is 1. The second-order valence-electron chi connectivity index (χ2n) is 3.97. The molecule has 0 atom stereocenters. The Hall–Kier alpha value is -1.92. The first kappa shape index (κ1) is 13.5. The highest BCUT2D eigenvalue weighted by Gasteiger charge is 2.10. The maximum Gasteiger partial charge on any atom is 0.253 e. The average Bonchev–Trinajstić information content (AvgIpc) is 2.92. The maximum atomic E-state index is 12.0. The van der Waals surface area contributed by atoms with Crippen LogP contribution in [0.15, 0.2) is 30.6 Å². The molecule has 4 N–H and O–H groups in total. The lowest BCUT2D eigenvalue weighted by Gasteiger charge is -2.08. The van der Waals surface area contributed by atoms with E-state index >= 15 is 0 Å². The van der Waals surface area contributed by atoms with Crippen LogP contribution in [0.25, 0.3) is 0 Å². The lowest BCUT2D eigenvalue weighted by molar-refractivity contribution is 0.0952. The summed E-state index contributed by atoms with van der Waals surface area (Å²) in [5, 5.41) is 2.88. The van der Waals surface area contributed by atoms with Crippen LogP contribution < -0.4 is 16.6 Å². The van der Waals surface area contributed by atoms with E-state index in [1.54, 1.807) is 23.6 Å². The molecule has 1 amide bonds. The van der Waals surface area contributed by atoms with E-state index in [4.69, 9.17) is 5.84 Å². The number of nitrogen functional groups attached to an aromatic ring is 1. The van der Waals surface area contributed by atoms with E-state index < -0.39 is 0 Å². The molecule has 0 saturated heterocycles. The summed E-state index contributed by atoms with van der Waals surface area (Å²) >= 11 is 1.71. The van der Waals surface area contributed by atoms with E-state index in [2.05, 4.69) is 28.7 Å². The molecule has 5 nitrogen and oxygen atoms in total. The zero-order chi connectivity index (χ0) is 13.7. The third-order valence-corrected chi connectivity index (χ3v) is 3.94. The Bertz CT molecular complexity index is 567. The summed E-state index contributed by atoms with van der Waals surface area (Å²) in [6, 6.07) is 5.76. The molecule has 2 aromatic heterocycles. The Balaban J connectivity index is 2.01. The Kier molecular flexibility index (Phi) is 4.48. The Labute approximate surface area is 115 Å². The fourth-order valence-electron chi connectivity index (χ4n) is 1.68. The second-order valence-corrected chi connectivity index (χ2v) is 5.22. The quantitative estimate of drug-likeness (QED) is 0.576. The number of nitrogens with two attached hydrogens (primary N) is 1. The zero-order valence-electron chi connectivity index (χ0n) is 10.6. The number of aromatic nitrogens is 1. The summed E-state index contributed by atoms with van der Waals surface area (Å²) in [7, 11) is 0. The molecule has 0 bridgehead atoms. The van der Waals surface area contributed by atoms with Gasteiger partial charge in [-0.3, -0.25) is 15.6 Å². The summed E-state index contributed by atoms with van der Waals surface area (Å²) in [5.74, 6) is 5.18. The first-order valence-electron chi connectivity index (χ1n) is 6.01. The highest BCUT2D eigenvalue weighted by molar-refractivity contribution is 7.11. The van der Waals surface area contributed by atoms with Crippen LogP contribution in [0.3, 0.4) is 0 Å². The summed E-state index contributed by atoms with van der Waals surface area (Å²) in [5.41, 5.74) is 3.47. The minimum absolute atomic E-state index is 0.165. The summed E-state index contributed by atoms with van der Waals surface area (Å²) in [6.45, 7) is 2.64. The molecule has 0 aromatic carbocycles. The number of anilines is 1. The van der Waals surface area contributed by atoms with Crippen LogP contribution in [-0.4, -0.2) is 10.9 Å². The molecule has 19 heavy (non-hydrogen) atoms. The van der Waals surface area contributed by atoms with Crippen LogP contribution in [0.2, 0.25) is 0 Å². The number of nitrogens with one attached hydrogen (secondary N) is 2. The fraction of sp³-hybridized carbons (Fsp3) is 0.231. The van der Waals surface area contributed by atoms with Gasteiger partial charge in [-0.2, -0.15) is 0 Å². The molecular formula is C13H16N4OS. The van der Waals surface area contributed by atoms with Crippen LogP contribution in [0.1, 0.15) is 27.0 Å². The van der Waals surface area contributed by atoms with Crippen molar-refractivity contribution in [3.05, 3.63) is 45.9 Å². The van der Waals surface area contributed by atoms with Gasteiger partial charge in [0, 0.05) is 16.0 Å². The molecule has 0 aliphatic rings. The van der Waals surface area contributed by atoms with Crippen LogP contribution >= 0.6 is 11.3 Å². The predicted octanol–water partition coefficient (Wildman–Crippen LogP) is 1.92. The van der Waals surface area contributed by atoms with Crippen molar-refractivity contribution in [2.45, 2.75) is 19.9 Å². The lowest BCUT2D eigenvalue weighted by Crippen LogP contribution is -2.24. The molecular weight excluding hydrogens is 260 g/mol. The van der Waals surface area contributed by atoms with Gasteiger partial charge in [0.2, 0.25) is 0 Å². The number of hydrogen-bond acceptors (Lipinski definition) is 5. The number of aryl methyl sites for hydroxylation is 1. The number of pyridine rings is 1. The number of rotatable bonds is 5. The Morgan fingerprint density at radius 1 is 1.37 bits per heavy atom. The van der Waals surface area contributed by atoms with Crippen LogP contribution in [0.4, 0.5) is 5.69 Å². The first-order chi connectivity index (χ1) is 9.24. The number of thiophene rings is 1. The van der Waals surface area contributed by atoms with Gasteiger partial charge in [0.1, 0.15) is 0 Å². The van der Waals surface area contributed by atoms with Crippen molar-refractivity contribution in [2.75, 3.05) is 5.43 Å². The van der Waals surface area contributed by atoms with Crippen molar-refractivity contribution in [3.63, 3.8) is 0 Å². The number of carbonyl (C=O) groups is 1. The van der Waals surface area contributed by atoms with Crippen molar-refractivity contribution in [1.29, 1.82) is 0 Å². The molecule has 0 aliphatic carbocycles. The SMILES string of the molecule is CCc1ccc(CNC(=O)c2ccncc2NN)s1. The summed E-state index contributed by atoms with van der Waals surface area (Å²) in [6.07, 6.45) is 4.11. The maximum absolute atomic E-state index is 12.0. The normalized spacial score (nSPS) is 10.2. The largest absolute Gasteiger partial charge is 0.347 e. The van der Waals surface area contributed by atoms with Crippen LogP contribution in [0.5, 0.6) is 0 Å². The van der Waals surface area contributed by atoms with Gasteiger partial charge in [-0.1, -0.05) is 6.92 Å². The van der Waals surface area contributed by atoms with E-state index in [0.29, 0.717) is 17.8 Å². The van der Waals surface area contributed by atoms with Crippen molar-refractivity contribution in [3.8, 4) is 0 Å². The molecule has 0 saturated carbocycles. The molecule has 0 spiro atoms. The molecule has 2 heterocycles. The second kappa shape index (κ2) is 6.31. The van der Waals surface area contributed by atoms with Gasteiger partial charge in [0.15, 0.2) is 0 Å². The topological polar surface area (TPSA) is 80.0 Å². The molecule has 2 aromatic rings. The van der Waals surface area contributed by atoms with Gasteiger partial charge in [-0.15, -0.1) is 11.3 Å². The number of hydrazine groups is 1. The summed E-state index contributed by atoms with van der Waals surface area (Å²) < 4.78 is 0. The molecule has 6 heteroatoms. The molecule has 2 rings (SSSR count). The fourth-order valence-corrected chi connectivity index (χ4v) is 2.58. The average molecular weight is 276 g/mol. The number of nitrogens with zero attached hydrogens (tertiary/aromatic N) is 1. The third kappa shape index (κ3) is 3.30. The molecule has 0 aliphatic heterocycles. The van der Waals surface area contributed by atoms with Crippen molar-refractivity contribution >= 4 is 22.9 Å². The zero-order valence-corrected chi connectivity index (χ0v) is 11.5. The van der Waals surface area contributed by atoms with Gasteiger partial charge < -0.3 is 10.7 Å². The van der Waals surface area contributed by atoms with Crippen LogP contribution in [0, 0.1) is 0 Å². The standard InChI is InChI=1S/C13H16N4OS/c1-2-9-3-4-10(19-9)7-16-13(18)11-5-6-15-8-12(11)17-14/h3-6,8,17H,2,7,14H2,1H3,(H,16,18). The molecule has 0 unspecified atom stereocenters. The highest BCUT2D eigenvalue weighted by atomic mass is 32.1. The van der Waals surface area contributed by atoms with E-state index in [-0.39, 0.29) is 5.91 Å². The van der Waals surface area contributed by atoms with Gasteiger partial charge >= 0.3 is 0 Å². The minimum atomic E-state index is -0.165. The monoisotopic (exact) mass is 276 g/mol. The predicted molar refractivity (Wildman–Crippen MR) is 76.9 cm³/mol. The van der Waals surface area contributed by atoms with Crippen LogP contribution in [-0.2, 0) is 13.0 Å². The Morgan fingerprint density at radius 3 is 2.84 bits per heavy atom. The van der Waals surface area contributed by atoms with E-state index in [0.717, 1.165) is 11.3 Å². The molecule has 100 valence electrons. The number of carbonyl (C=O) groups excluding carboxylic acids is 1. The van der Waals surface area contributed by atoms with Gasteiger partial charge in [0.05, 0.1) is 24.0 Å². The third-order valence-electron chi connectivity index (χ3n) is 2.71. The molecule has 0 radical (unpaired) electrons. The van der Waals surface area contributed by atoms with E-state index in [1.165, 1.54) is 11.1 Å². The van der Waals surface area contributed by atoms with Gasteiger partial charge in [-0.05, 0) is 24.6 Å². The van der Waals surface area contributed by atoms with Gasteiger partial charge in [0.25, 0.3) is 5.91 Å². The van der Waals surface area contributed by atoms with Crippen molar-refractivity contribution < 1.29 is 4.79 Å². The Morgan fingerprint density at radius 2 is 2.16 bits per heavy atom. The van der Waals surface area contributed by atoms with Crippen molar-refractivity contribution in [2.24, 2.45) is 5.84 Å². The number of hydrogen-bond donors (Lipinski definition) is 3. The first-order valence-corrected chi connectivity index (χ1v) is 6.82. The smallest absolute Gasteiger partial charge is 0.253 e. The van der Waals surface area contributed by atoms with Crippen molar-refractivity contribution in [1.82, 2.24) is 10.3 Å². The van der Waals surface area contributed by atoms with Gasteiger partial charge in [-0.25, -0.2) is 0 Å². The summed E-state index contributed by atoms with van der Waals surface area (Å²) in [4.78, 5) is 18.4. The lowest BCUT2D eigenvalue weighted by atomic mass is 10.2. The molecule has 0 fully saturated rings. The minimum Gasteiger partial charge on any atom is -0.347 e. The highest BCUT2D eigenvalue weighted by Crippen LogP contribution is 2.17.